The Morgan fingerprint density at radius 2 is 1.67 bits per heavy atom. The number of imide groups is 1. The molecule has 58 heavy (non-hydrogen) atoms. The number of benzene rings is 3. The number of rotatable bonds is 16. The number of nitrogens with zero attached hydrogens (tertiary/aromatic N) is 2. The molecule has 17 nitrogen and oxygen atoms in total. The SMILES string of the molecule is CC(N)C(=O)N[C@@H](C)C(=O)Nc1ccc(COC(=O)N(C)CCOCCc2ccc(NC(=O)NCc3ccc4c(c3)CN(C3CCC(=O)NC3=O)C4=O)cc2Cl)cc1. The summed E-state index contributed by atoms with van der Waals surface area (Å²) >= 11 is 6.49. The van der Waals surface area contributed by atoms with Crippen molar-refractivity contribution in [3.8, 4) is 0 Å². The van der Waals surface area contributed by atoms with E-state index < -0.39 is 48.0 Å². The monoisotopic (exact) mass is 818 g/mol. The van der Waals surface area contributed by atoms with Gasteiger partial charge in [-0.25, -0.2) is 9.59 Å². The van der Waals surface area contributed by atoms with Gasteiger partial charge in [0.2, 0.25) is 23.6 Å². The topological polar surface area (TPSA) is 231 Å². The van der Waals surface area contributed by atoms with E-state index in [2.05, 4.69) is 26.6 Å². The molecule has 7 N–H and O–H groups in total. The number of ether oxygens (including phenoxy) is 2. The summed E-state index contributed by atoms with van der Waals surface area (Å²) in [5.41, 5.74) is 10.1. The number of hydrogen-bond acceptors (Lipinski definition) is 10. The maximum absolute atomic E-state index is 12.9. The summed E-state index contributed by atoms with van der Waals surface area (Å²) < 4.78 is 11.1. The van der Waals surface area contributed by atoms with Crippen LogP contribution < -0.4 is 32.3 Å². The lowest BCUT2D eigenvalue weighted by atomic mass is 10.0. The summed E-state index contributed by atoms with van der Waals surface area (Å²) in [7, 11) is 1.60. The number of carbonyl (C=O) groups excluding carboxylic acids is 7. The van der Waals surface area contributed by atoms with Crippen molar-refractivity contribution in [2.75, 3.05) is 37.4 Å². The van der Waals surface area contributed by atoms with Crippen molar-refractivity contribution in [1.82, 2.24) is 25.8 Å². The number of carbonyl (C=O) groups is 7. The van der Waals surface area contributed by atoms with Crippen molar-refractivity contribution in [1.29, 1.82) is 0 Å². The van der Waals surface area contributed by atoms with Gasteiger partial charge in [0.1, 0.15) is 18.7 Å². The highest BCUT2D eigenvalue weighted by atomic mass is 35.5. The zero-order chi connectivity index (χ0) is 41.9. The number of anilines is 2. The van der Waals surface area contributed by atoms with Gasteiger partial charge in [-0.1, -0.05) is 41.9 Å². The molecule has 1 fully saturated rings. The Bertz CT molecular complexity index is 2040. The Kier molecular flexibility index (Phi) is 14.8. The first-order valence-electron chi connectivity index (χ1n) is 18.7. The van der Waals surface area contributed by atoms with E-state index in [0.29, 0.717) is 40.6 Å². The van der Waals surface area contributed by atoms with Gasteiger partial charge in [-0.2, -0.15) is 0 Å². The fourth-order valence-corrected chi connectivity index (χ4v) is 6.38. The van der Waals surface area contributed by atoms with E-state index >= 15 is 0 Å². The quantitative estimate of drug-likeness (QED) is 0.0914. The van der Waals surface area contributed by atoms with Gasteiger partial charge >= 0.3 is 12.1 Å². The van der Waals surface area contributed by atoms with Gasteiger partial charge in [-0.15, -0.1) is 0 Å². The molecule has 2 unspecified atom stereocenters. The first-order valence-corrected chi connectivity index (χ1v) is 19.1. The van der Waals surface area contributed by atoms with E-state index in [0.717, 1.165) is 16.7 Å². The molecule has 0 saturated carbocycles. The summed E-state index contributed by atoms with van der Waals surface area (Å²) in [5.74, 6) is -1.91. The fourth-order valence-electron chi connectivity index (χ4n) is 6.10. The van der Waals surface area contributed by atoms with Gasteiger partial charge in [0, 0.05) is 55.1 Å². The molecule has 8 amide bonds. The molecule has 3 aromatic carbocycles. The number of nitrogens with two attached hydrogens (primary N) is 1. The van der Waals surface area contributed by atoms with Gasteiger partial charge in [0.15, 0.2) is 0 Å². The lowest BCUT2D eigenvalue weighted by Gasteiger charge is -2.29. The van der Waals surface area contributed by atoms with Crippen LogP contribution >= 0.6 is 11.6 Å². The molecule has 18 heteroatoms. The number of halogens is 1. The van der Waals surface area contributed by atoms with Crippen molar-refractivity contribution in [3.63, 3.8) is 0 Å². The molecule has 0 radical (unpaired) electrons. The van der Waals surface area contributed by atoms with Gasteiger partial charge in [0.25, 0.3) is 5.91 Å². The average Bonchev–Trinajstić information content (AvgIpc) is 3.51. The molecular weight excluding hydrogens is 772 g/mol. The van der Waals surface area contributed by atoms with Crippen LogP contribution in [0.3, 0.4) is 0 Å². The maximum atomic E-state index is 12.9. The normalized spacial score (nSPS) is 15.8. The van der Waals surface area contributed by atoms with E-state index in [4.69, 9.17) is 26.8 Å². The summed E-state index contributed by atoms with van der Waals surface area (Å²) in [5, 5.41) is 13.5. The van der Waals surface area contributed by atoms with E-state index in [9.17, 15) is 33.6 Å². The lowest BCUT2D eigenvalue weighted by molar-refractivity contribution is -0.137. The van der Waals surface area contributed by atoms with E-state index in [1.165, 1.54) is 16.7 Å². The van der Waals surface area contributed by atoms with Gasteiger partial charge in [-0.05, 0) is 79.3 Å². The number of piperidine rings is 1. The Labute approximate surface area is 340 Å². The number of amides is 8. The minimum atomic E-state index is -0.772. The van der Waals surface area contributed by atoms with Crippen LogP contribution in [-0.4, -0.2) is 96.4 Å². The van der Waals surface area contributed by atoms with Gasteiger partial charge in [0.05, 0.1) is 19.3 Å². The molecule has 3 aromatic rings. The third-order valence-corrected chi connectivity index (χ3v) is 9.85. The molecule has 0 spiro atoms. The highest BCUT2D eigenvalue weighted by molar-refractivity contribution is 6.31. The number of hydrogen-bond donors (Lipinski definition) is 6. The minimum Gasteiger partial charge on any atom is -0.445 e. The molecule has 0 aliphatic carbocycles. The Hall–Kier alpha value is -6.04. The van der Waals surface area contributed by atoms with Crippen LogP contribution in [0.2, 0.25) is 5.02 Å². The standard InChI is InChI=1S/C40H47ClN8O9/c1-23(42)35(51)44-24(2)36(52)45-29-8-4-25(5-9-29)22-58-40(56)48(3)15-17-57-16-14-27-7-10-30(19-32(27)41)46-39(55)43-20-26-6-11-31-28(18-26)21-49(38(31)54)33-12-13-34(50)47-37(33)53/h4-11,18-19,23-24,33H,12-17,20-22,42H2,1-3H3,(H,44,51)(H,45,52)(H2,43,46,55)(H,47,50,53)/t23?,24-,33?/m0/s1. The van der Waals surface area contributed by atoms with Gasteiger partial charge in [-0.3, -0.25) is 29.3 Å². The van der Waals surface area contributed by atoms with Crippen LogP contribution in [0.1, 0.15) is 59.3 Å². The second-order valence-electron chi connectivity index (χ2n) is 14.0. The zero-order valence-corrected chi connectivity index (χ0v) is 33.1. The van der Waals surface area contributed by atoms with Crippen molar-refractivity contribution < 1.29 is 43.0 Å². The van der Waals surface area contributed by atoms with Crippen LogP contribution in [0, 0.1) is 0 Å². The van der Waals surface area contributed by atoms with Crippen LogP contribution in [-0.2, 0) is 54.8 Å². The number of nitrogens with one attached hydrogen (secondary N) is 5. The second kappa shape index (κ2) is 19.9. The number of likely N-dealkylation sites (N-methyl/N-ethyl adjacent to an activating group) is 1. The Morgan fingerprint density at radius 3 is 2.38 bits per heavy atom. The van der Waals surface area contributed by atoms with Crippen LogP contribution in [0.5, 0.6) is 0 Å². The first kappa shape index (κ1) is 43.1. The van der Waals surface area contributed by atoms with Crippen LogP contribution in [0.15, 0.2) is 60.7 Å². The lowest BCUT2D eigenvalue weighted by Crippen LogP contribution is -2.52. The Morgan fingerprint density at radius 1 is 0.948 bits per heavy atom. The molecule has 0 bridgehead atoms. The summed E-state index contributed by atoms with van der Waals surface area (Å²) in [6, 6.07) is 14.5. The van der Waals surface area contributed by atoms with Crippen molar-refractivity contribution >= 4 is 64.6 Å². The molecule has 3 atom stereocenters. The largest absolute Gasteiger partial charge is 0.445 e. The second-order valence-corrected chi connectivity index (χ2v) is 14.5. The molecule has 2 aliphatic heterocycles. The highest BCUT2D eigenvalue weighted by Gasteiger charge is 2.39. The molecular formula is C40H47ClN8O9. The molecule has 2 aliphatic rings. The highest BCUT2D eigenvalue weighted by Crippen LogP contribution is 2.28. The van der Waals surface area contributed by atoms with Crippen molar-refractivity contribution in [3.05, 3.63) is 93.5 Å². The Balaban J connectivity index is 0.960. The van der Waals surface area contributed by atoms with E-state index in [1.807, 2.05) is 6.07 Å². The molecule has 5 rings (SSSR count). The van der Waals surface area contributed by atoms with Gasteiger partial charge < -0.3 is 46.3 Å². The summed E-state index contributed by atoms with van der Waals surface area (Å²) in [6.45, 7) is 4.44. The first-order chi connectivity index (χ1) is 27.7. The van der Waals surface area contributed by atoms with E-state index in [-0.39, 0.29) is 57.5 Å². The number of urea groups is 1. The molecule has 0 aromatic heterocycles. The molecule has 2 heterocycles. The zero-order valence-electron chi connectivity index (χ0n) is 32.4. The average molecular weight is 819 g/mol. The molecule has 308 valence electrons. The minimum absolute atomic E-state index is 0.0244. The smallest absolute Gasteiger partial charge is 0.409 e. The summed E-state index contributed by atoms with van der Waals surface area (Å²) in [6.07, 6.45) is 0.428. The predicted octanol–water partition coefficient (Wildman–Crippen LogP) is 3.04. The maximum Gasteiger partial charge on any atom is 0.409 e. The number of fused-ring (bicyclic) bond motifs is 1. The predicted molar refractivity (Wildman–Crippen MR) is 213 cm³/mol. The van der Waals surface area contributed by atoms with Crippen LogP contribution in [0.25, 0.3) is 0 Å². The third kappa shape index (κ3) is 11.7. The summed E-state index contributed by atoms with van der Waals surface area (Å²) in [4.78, 5) is 88.9. The van der Waals surface area contributed by atoms with Crippen LogP contribution in [0.4, 0.5) is 21.0 Å². The van der Waals surface area contributed by atoms with E-state index in [1.54, 1.807) is 68.6 Å². The van der Waals surface area contributed by atoms with Crippen molar-refractivity contribution in [2.24, 2.45) is 5.73 Å². The van der Waals surface area contributed by atoms with Crippen molar-refractivity contribution in [2.45, 2.75) is 70.9 Å². The fraction of sp³-hybridized carbons (Fsp3) is 0.375. The third-order valence-electron chi connectivity index (χ3n) is 9.50. The molecule has 1 saturated heterocycles.